The van der Waals surface area contributed by atoms with Crippen molar-refractivity contribution in [3.05, 3.63) is 0 Å². The summed E-state index contributed by atoms with van der Waals surface area (Å²) in [6.07, 6.45) is 2.94. The summed E-state index contributed by atoms with van der Waals surface area (Å²) in [4.78, 5) is 22.0. The summed E-state index contributed by atoms with van der Waals surface area (Å²) in [5.41, 5.74) is 0. The average molecular weight is 378 g/mol. The third-order valence-electron chi connectivity index (χ3n) is 3.66. The molecular formula is C18H34O8. The van der Waals surface area contributed by atoms with Crippen LogP contribution in [0.25, 0.3) is 0 Å². The molecule has 2 unspecified atom stereocenters. The number of carboxylic acids is 2. The van der Waals surface area contributed by atoms with Gasteiger partial charge in [-0.1, -0.05) is 39.5 Å². The van der Waals surface area contributed by atoms with Crippen LogP contribution in [0.5, 0.6) is 0 Å². The Kier molecular flexibility index (Phi) is 16.4. The van der Waals surface area contributed by atoms with Gasteiger partial charge in [0.15, 0.2) is 12.2 Å². The lowest BCUT2D eigenvalue weighted by atomic mass is 10.1. The number of aliphatic carboxylic acids is 2. The van der Waals surface area contributed by atoms with Crippen molar-refractivity contribution in [3.63, 3.8) is 0 Å². The Morgan fingerprint density at radius 2 is 1.04 bits per heavy atom. The van der Waals surface area contributed by atoms with E-state index in [1.54, 1.807) is 0 Å². The number of hydrogen-bond acceptors (Lipinski definition) is 6. The molecule has 0 amide bonds. The monoisotopic (exact) mass is 378 g/mol. The molecule has 8 nitrogen and oxygen atoms in total. The van der Waals surface area contributed by atoms with Crippen LogP contribution in [0.2, 0.25) is 0 Å². The van der Waals surface area contributed by atoms with E-state index in [1.165, 1.54) is 0 Å². The van der Waals surface area contributed by atoms with E-state index >= 15 is 0 Å². The van der Waals surface area contributed by atoms with E-state index < -0.39 is 24.1 Å². The Labute approximate surface area is 155 Å². The summed E-state index contributed by atoms with van der Waals surface area (Å²) in [5.74, 6) is -1.89. The van der Waals surface area contributed by atoms with Crippen molar-refractivity contribution in [3.8, 4) is 0 Å². The SMILES string of the molecule is CCCCC(OCCOCCOCCOC(CCCC)C(=O)O)C(=O)O. The maximum Gasteiger partial charge on any atom is 0.332 e. The average Bonchev–Trinajstić information content (AvgIpc) is 2.60. The maximum atomic E-state index is 11.0. The summed E-state index contributed by atoms with van der Waals surface area (Å²) in [6.45, 7) is 5.76. The van der Waals surface area contributed by atoms with Crippen molar-refractivity contribution in [2.24, 2.45) is 0 Å². The molecule has 0 spiro atoms. The van der Waals surface area contributed by atoms with Crippen molar-refractivity contribution >= 4 is 11.9 Å². The standard InChI is InChI=1S/C18H34O8/c1-3-5-7-15(17(19)20)25-13-11-23-9-10-24-12-14-26-16(18(21)22)8-6-4-2/h15-16H,3-14H2,1-2H3,(H,19,20)(H,21,22). The van der Waals surface area contributed by atoms with Crippen LogP contribution in [0.3, 0.4) is 0 Å². The van der Waals surface area contributed by atoms with Crippen molar-refractivity contribution in [1.29, 1.82) is 0 Å². The molecule has 0 fully saturated rings. The highest BCUT2D eigenvalue weighted by molar-refractivity contribution is 5.72. The minimum Gasteiger partial charge on any atom is -0.479 e. The van der Waals surface area contributed by atoms with Gasteiger partial charge in [0.1, 0.15) is 0 Å². The second-order valence-electron chi connectivity index (χ2n) is 5.90. The van der Waals surface area contributed by atoms with Crippen molar-refractivity contribution in [2.75, 3.05) is 39.6 Å². The number of carboxylic acid groups (broad SMARTS) is 2. The first-order valence-electron chi connectivity index (χ1n) is 9.37. The topological polar surface area (TPSA) is 112 Å². The summed E-state index contributed by atoms with van der Waals surface area (Å²) in [6, 6.07) is 0. The highest BCUT2D eigenvalue weighted by atomic mass is 16.6. The van der Waals surface area contributed by atoms with Gasteiger partial charge in [0.05, 0.1) is 39.6 Å². The largest absolute Gasteiger partial charge is 0.479 e. The predicted octanol–water partition coefficient (Wildman–Crippen LogP) is 2.34. The van der Waals surface area contributed by atoms with Gasteiger partial charge in [-0.15, -0.1) is 0 Å². The van der Waals surface area contributed by atoms with Gasteiger partial charge in [0.2, 0.25) is 0 Å². The summed E-state index contributed by atoms with van der Waals surface area (Å²) >= 11 is 0. The zero-order chi connectivity index (χ0) is 19.6. The molecule has 0 heterocycles. The van der Waals surface area contributed by atoms with Crippen LogP contribution in [0.4, 0.5) is 0 Å². The smallest absolute Gasteiger partial charge is 0.332 e. The molecule has 2 atom stereocenters. The van der Waals surface area contributed by atoms with Crippen LogP contribution in [0.15, 0.2) is 0 Å². The summed E-state index contributed by atoms with van der Waals surface area (Å²) in [5, 5.41) is 18.0. The van der Waals surface area contributed by atoms with Gasteiger partial charge in [0.25, 0.3) is 0 Å². The number of carbonyl (C=O) groups is 2. The number of hydrogen-bond donors (Lipinski definition) is 2. The molecule has 0 aromatic carbocycles. The van der Waals surface area contributed by atoms with Crippen LogP contribution < -0.4 is 0 Å². The fourth-order valence-electron chi connectivity index (χ4n) is 2.16. The van der Waals surface area contributed by atoms with Crippen LogP contribution in [-0.4, -0.2) is 74.0 Å². The second kappa shape index (κ2) is 17.2. The first-order chi connectivity index (χ1) is 12.5. The van der Waals surface area contributed by atoms with E-state index in [0.717, 1.165) is 25.7 Å². The molecule has 0 aliphatic rings. The number of unbranched alkanes of at least 4 members (excludes halogenated alkanes) is 2. The van der Waals surface area contributed by atoms with Gasteiger partial charge in [-0.05, 0) is 12.8 Å². The van der Waals surface area contributed by atoms with E-state index in [4.69, 9.17) is 29.2 Å². The van der Waals surface area contributed by atoms with Crippen molar-refractivity contribution in [2.45, 2.75) is 64.6 Å². The lowest BCUT2D eigenvalue weighted by Crippen LogP contribution is -2.26. The number of rotatable bonds is 19. The molecule has 0 saturated heterocycles. The Morgan fingerprint density at radius 3 is 1.35 bits per heavy atom. The van der Waals surface area contributed by atoms with Crippen molar-refractivity contribution < 1.29 is 38.7 Å². The molecule has 2 N–H and O–H groups in total. The highest BCUT2D eigenvalue weighted by Gasteiger charge is 2.17. The van der Waals surface area contributed by atoms with E-state index in [0.29, 0.717) is 39.3 Å². The Morgan fingerprint density at radius 1 is 0.692 bits per heavy atom. The minimum absolute atomic E-state index is 0.224. The predicted molar refractivity (Wildman–Crippen MR) is 95.4 cm³/mol. The zero-order valence-electron chi connectivity index (χ0n) is 16.0. The summed E-state index contributed by atoms with van der Waals surface area (Å²) in [7, 11) is 0. The maximum absolute atomic E-state index is 11.0. The molecule has 0 aliphatic heterocycles. The van der Waals surface area contributed by atoms with Crippen LogP contribution in [0, 0.1) is 0 Å². The van der Waals surface area contributed by atoms with Gasteiger partial charge < -0.3 is 29.2 Å². The van der Waals surface area contributed by atoms with E-state index in [9.17, 15) is 9.59 Å². The van der Waals surface area contributed by atoms with E-state index in [-0.39, 0.29) is 13.2 Å². The molecule has 8 heteroatoms. The van der Waals surface area contributed by atoms with Gasteiger partial charge in [-0.25, -0.2) is 9.59 Å². The third-order valence-corrected chi connectivity index (χ3v) is 3.66. The van der Waals surface area contributed by atoms with Gasteiger partial charge in [-0.3, -0.25) is 0 Å². The molecule has 0 radical (unpaired) electrons. The Hall–Kier alpha value is -1.22. The van der Waals surface area contributed by atoms with E-state index in [2.05, 4.69) is 0 Å². The molecule has 0 aromatic rings. The molecule has 0 aliphatic carbocycles. The molecule has 26 heavy (non-hydrogen) atoms. The van der Waals surface area contributed by atoms with E-state index in [1.807, 2.05) is 13.8 Å². The fraction of sp³-hybridized carbons (Fsp3) is 0.889. The Bertz CT molecular complexity index is 327. The van der Waals surface area contributed by atoms with Gasteiger partial charge in [0, 0.05) is 0 Å². The second-order valence-corrected chi connectivity index (χ2v) is 5.90. The first kappa shape index (κ1) is 24.8. The molecule has 0 bridgehead atoms. The zero-order valence-corrected chi connectivity index (χ0v) is 16.0. The van der Waals surface area contributed by atoms with Crippen molar-refractivity contribution in [1.82, 2.24) is 0 Å². The van der Waals surface area contributed by atoms with Crippen LogP contribution >= 0.6 is 0 Å². The minimum atomic E-state index is -0.944. The molecular weight excluding hydrogens is 344 g/mol. The third kappa shape index (κ3) is 14.0. The van der Waals surface area contributed by atoms with Crippen LogP contribution in [0.1, 0.15) is 52.4 Å². The lowest BCUT2D eigenvalue weighted by Gasteiger charge is -2.14. The quantitative estimate of drug-likeness (QED) is 0.329. The molecule has 0 aromatic heterocycles. The fourth-order valence-corrected chi connectivity index (χ4v) is 2.16. The molecule has 154 valence electrons. The van der Waals surface area contributed by atoms with Gasteiger partial charge >= 0.3 is 11.9 Å². The first-order valence-corrected chi connectivity index (χ1v) is 9.37. The lowest BCUT2D eigenvalue weighted by molar-refractivity contribution is -0.153. The number of ether oxygens (including phenoxy) is 4. The summed E-state index contributed by atoms with van der Waals surface area (Å²) < 4.78 is 21.2. The van der Waals surface area contributed by atoms with Crippen LogP contribution in [-0.2, 0) is 28.5 Å². The molecule has 0 rings (SSSR count). The normalized spacial score (nSPS) is 13.5. The molecule has 0 saturated carbocycles. The highest BCUT2D eigenvalue weighted by Crippen LogP contribution is 2.06. The Balaban J connectivity index is 3.55. The van der Waals surface area contributed by atoms with Gasteiger partial charge in [-0.2, -0.15) is 0 Å².